The molecular formula is C10H12N3+. The molecule has 0 amide bonds. The van der Waals surface area contributed by atoms with E-state index >= 15 is 0 Å². The highest BCUT2D eigenvalue weighted by Gasteiger charge is 2.00. The number of hydrogen-bond acceptors (Lipinski definition) is 1. The predicted octanol–water partition coefficient (Wildman–Crippen LogP) is 0.756. The molecule has 0 unspecified atom stereocenters. The maximum atomic E-state index is 4.09. The van der Waals surface area contributed by atoms with Crippen LogP contribution in [0.25, 0.3) is 0 Å². The Balaban J connectivity index is 2.15. The molecule has 0 radical (unpaired) electrons. The van der Waals surface area contributed by atoms with Crippen LogP contribution < -0.4 is 4.57 Å². The van der Waals surface area contributed by atoms with Crippen molar-refractivity contribution in [1.29, 1.82) is 0 Å². The second kappa shape index (κ2) is 3.39. The van der Waals surface area contributed by atoms with Crippen LogP contribution in [0.1, 0.15) is 5.56 Å². The van der Waals surface area contributed by atoms with E-state index in [1.807, 2.05) is 37.9 Å². The van der Waals surface area contributed by atoms with Crippen LogP contribution in [0.3, 0.4) is 0 Å². The maximum Gasteiger partial charge on any atom is 0.265 e. The van der Waals surface area contributed by atoms with Gasteiger partial charge in [-0.05, 0) is 5.56 Å². The Morgan fingerprint density at radius 2 is 2.08 bits per heavy atom. The van der Waals surface area contributed by atoms with Crippen LogP contribution in [0.4, 0.5) is 0 Å². The van der Waals surface area contributed by atoms with E-state index in [-0.39, 0.29) is 0 Å². The topological polar surface area (TPSA) is 21.7 Å². The Bertz CT molecular complexity index is 378. The van der Waals surface area contributed by atoms with Gasteiger partial charge < -0.3 is 0 Å². The fourth-order valence-corrected chi connectivity index (χ4v) is 1.30. The number of rotatable bonds is 2. The molecule has 0 saturated heterocycles. The molecule has 1 heterocycles. The van der Waals surface area contributed by atoms with Crippen molar-refractivity contribution in [2.75, 3.05) is 0 Å². The summed E-state index contributed by atoms with van der Waals surface area (Å²) in [5.74, 6) is 0. The summed E-state index contributed by atoms with van der Waals surface area (Å²) in [6.07, 6.45) is 3.79. The van der Waals surface area contributed by atoms with E-state index in [2.05, 4.69) is 21.8 Å². The standard InChI is InChI=1S/C10H12N3/c1-12-9-13(8-11-12)7-10-5-3-2-4-6-10/h2-6,8-9H,7H2,1H3/q+1. The lowest BCUT2D eigenvalue weighted by atomic mass is 10.2. The number of aromatic nitrogens is 3. The third kappa shape index (κ3) is 1.93. The van der Waals surface area contributed by atoms with Crippen LogP contribution in [0, 0.1) is 0 Å². The van der Waals surface area contributed by atoms with Crippen LogP contribution >= 0.6 is 0 Å². The summed E-state index contributed by atoms with van der Waals surface area (Å²) >= 11 is 0. The van der Waals surface area contributed by atoms with E-state index in [1.54, 1.807) is 4.68 Å². The zero-order chi connectivity index (χ0) is 9.10. The summed E-state index contributed by atoms with van der Waals surface area (Å²) in [5.41, 5.74) is 1.29. The zero-order valence-electron chi connectivity index (χ0n) is 7.59. The van der Waals surface area contributed by atoms with Crippen LogP contribution in [0.5, 0.6) is 0 Å². The fourth-order valence-electron chi connectivity index (χ4n) is 1.30. The highest BCUT2D eigenvalue weighted by Crippen LogP contribution is 1.96. The third-order valence-corrected chi connectivity index (χ3v) is 1.91. The van der Waals surface area contributed by atoms with Crippen molar-refractivity contribution in [3.05, 3.63) is 48.5 Å². The minimum atomic E-state index is 0.884. The van der Waals surface area contributed by atoms with Crippen LogP contribution in [-0.2, 0) is 13.6 Å². The van der Waals surface area contributed by atoms with Gasteiger partial charge in [0.05, 0.1) is 13.6 Å². The van der Waals surface area contributed by atoms with Crippen molar-refractivity contribution < 1.29 is 4.57 Å². The van der Waals surface area contributed by atoms with Gasteiger partial charge in [0, 0.05) is 5.10 Å². The molecule has 0 aliphatic heterocycles. The van der Waals surface area contributed by atoms with Gasteiger partial charge in [-0.2, -0.15) is 0 Å². The summed E-state index contributed by atoms with van der Waals surface area (Å²) in [6, 6.07) is 10.3. The van der Waals surface area contributed by atoms with Gasteiger partial charge in [-0.25, -0.2) is 4.57 Å². The Morgan fingerprint density at radius 3 is 2.69 bits per heavy atom. The minimum absolute atomic E-state index is 0.884. The number of benzene rings is 1. The molecule has 1 aromatic carbocycles. The van der Waals surface area contributed by atoms with Crippen LogP contribution in [-0.4, -0.2) is 9.78 Å². The van der Waals surface area contributed by atoms with Crippen molar-refractivity contribution in [2.45, 2.75) is 6.54 Å². The van der Waals surface area contributed by atoms with Gasteiger partial charge in [0.25, 0.3) is 6.33 Å². The third-order valence-electron chi connectivity index (χ3n) is 1.91. The molecule has 0 atom stereocenters. The molecule has 3 heteroatoms. The van der Waals surface area contributed by atoms with Gasteiger partial charge in [0.1, 0.15) is 0 Å². The monoisotopic (exact) mass is 174 g/mol. The first-order valence-corrected chi connectivity index (χ1v) is 4.26. The smallest absolute Gasteiger partial charge is 0.233 e. The Hall–Kier alpha value is -1.64. The van der Waals surface area contributed by atoms with E-state index < -0.39 is 0 Å². The van der Waals surface area contributed by atoms with Gasteiger partial charge in [-0.15, -0.1) is 4.68 Å². The summed E-state index contributed by atoms with van der Waals surface area (Å²) in [4.78, 5) is 0. The Kier molecular flexibility index (Phi) is 2.08. The zero-order valence-corrected chi connectivity index (χ0v) is 7.59. The molecule has 0 spiro atoms. The molecule has 0 N–H and O–H groups in total. The van der Waals surface area contributed by atoms with Crippen molar-refractivity contribution in [2.24, 2.45) is 7.05 Å². The van der Waals surface area contributed by atoms with Crippen molar-refractivity contribution >= 4 is 0 Å². The van der Waals surface area contributed by atoms with E-state index in [1.165, 1.54) is 5.56 Å². The molecule has 1 aromatic heterocycles. The molecule has 13 heavy (non-hydrogen) atoms. The van der Waals surface area contributed by atoms with Crippen LogP contribution in [0.2, 0.25) is 0 Å². The highest BCUT2D eigenvalue weighted by molar-refractivity contribution is 5.13. The van der Waals surface area contributed by atoms with Gasteiger partial charge in [0.15, 0.2) is 0 Å². The molecule has 2 aromatic rings. The lowest BCUT2D eigenvalue weighted by Crippen LogP contribution is -2.31. The molecule has 3 nitrogen and oxygen atoms in total. The van der Waals surface area contributed by atoms with Crippen LogP contribution in [0.15, 0.2) is 43.0 Å². The Morgan fingerprint density at radius 1 is 1.31 bits per heavy atom. The molecule has 0 bridgehead atoms. The second-order valence-corrected chi connectivity index (χ2v) is 3.08. The van der Waals surface area contributed by atoms with E-state index in [0.29, 0.717) is 0 Å². The van der Waals surface area contributed by atoms with Gasteiger partial charge in [-0.3, -0.25) is 0 Å². The molecular weight excluding hydrogens is 162 g/mol. The molecule has 0 aliphatic rings. The average molecular weight is 174 g/mol. The lowest BCUT2D eigenvalue weighted by Gasteiger charge is -1.95. The maximum absolute atomic E-state index is 4.09. The molecule has 66 valence electrons. The first kappa shape index (κ1) is 7.98. The largest absolute Gasteiger partial charge is 0.265 e. The van der Waals surface area contributed by atoms with Gasteiger partial charge >= 0.3 is 0 Å². The molecule has 0 fully saturated rings. The molecule has 0 saturated carbocycles. The minimum Gasteiger partial charge on any atom is -0.233 e. The van der Waals surface area contributed by atoms with Crippen molar-refractivity contribution in [1.82, 2.24) is 9.78 Å². The SMILES string of the molecule is Cn1c[n+](Cc2ccccc2)cn1. The quantitative estimate of drug-likeness (QED) is 0.616. The Labute approximate surface area is 77.3 Å². The molecule has 0 aliphatic carbocycles. The first-order valence-electron chi connectivity index (χ1n) is 4.26. The van der Waals surface area contributed by atoms with E-state index in [9.17, 15) is 0 Å². The first-order chi connectivity index (χ1) is 6.34. The van der Waals surface area contributed by atoms with Gasteiger partial charge in [-0.1, -0.05) is 30.3 Å². The van der Waals surface area contributed by atoms with E-state index in [4.69, 9.17) is 0 Å². The summed E-state index contributed by atoms with van der Waals surface area (Å²) in [6.45, 7) is 0.884. The number of aryl methyl sites for hydroxylation is 1. The highest BCUT2D eigenvalue weighted by atomic mass is 15.3. The fraction of sp³-hybridized carbons (Fsp3) is 0.200. The lowest BCUT2D eigenvalue weighted by molar-refractivity contribution is -0.689. The van der Waals surface area contributed by atoms with Crippen molar-refractivity contribution in [3.63, 3.8) is 0 Å². The predicted molar refractivity (Wildman–Crippen MR) is 48.9 cm³/mol. The summed E-state index contributed by atoms with van der Waals surface area (Å²) in [5, 5.41) is 4.09. The van der Waals surface area contributed by atoms with E-state index in [0.717, 1.165) is 6.54 Å². The number of nitrogens with zero attached hydrogens (tertiary/aromatic N) is 3. The van der Waals surface area contributed by atoms with Crippen molar-refractivity contribution in [3.8, 4) is 0 Å². The second-order valence-electron chi connectivity index (χ2n) is 3.08. The number of hydrogen-bond donors (Lipinski definition) is 0. The summed E-state index contributed by atoms with van der Waals surface area (Å²) in [7, 11) is 1.92. The average Bonchev–Trinajstić information content (AvgIpc) is 2.53. The molecule has 2 rings (SSSR count). The summed E-state index contributed by atoms with van der Waals surface area (Å²) < 4.78 is 3.85. The van der Waals surface area contributed by atoms with Gasteiger partial charge in [0.2, 0.25) is 6.33 Å². The normalized spacial score (nSPS) is 10.2.